The number of hydrogen-bond acceptors (Lipinski definition) is 2. The van der Waals surface area contributed by atoms with Crippen LogP contribution in [0.2, 0.25) is 0 Å². The smallest absolute Gasteiger partial charge is 0.0580 e. The Balaban J connectivity index is 2.49. The lowest BCUT2D eigenvalue weighted by Crippen LogP contribution is -2.40. The van der Waals surface area contributed by atoms with E-state index in [1.807, 2.05) is 0 Å². The molecular formula is C14H29NO. The van der Waals surface area contributed by atoms with E-state index in [4.69, 9.17) is 0 Å². The van der Waals surface area contributed by atoms with Crippen LogP contribution in [0.25, 0.3) is 0 Å². The molecule has 1 saturated carbocycles. The quantitative estimate of drug-likeness (QED) is 0.798. The molecule has 0 amide bonds. The Morgan fingerprint density at radius 3 is 2.31 bits per heavy atom. The van der Waals surface area contributed by atoms with Gasteiger partial charge >= 0.3 is 0 Å². The summed E-state index contributed by atoms with van der Waals surface area (Å²) in [5, 5.41) is 10.1. The van der Waals surface area contributed by atoms with Crippen LogP contribution >= 0.6 is 0 Å². The van der Waals surface area contributed by atoms with Crippen molar-refractivity contribution < 1.29 is 5.11 Å². The lowest BCUT2D eigenvalue weighted by atomic mass is 9.74. The molecule has 0 aliphatic heterocycles. The molecule has 3 unspecified atom stereocenters. The highest BCUT2D eigenvalue weighted by Gasteiger charge is 2.31. The van der Waals surface area contributed by atoms with Crippen LogP contribution in [0.5, 0.6) is 0 Å². The van der Waals surface area contributed by atoms with Gasteiger partial charge in [0, 0.05) is 12.6 Å². The average Bonchev–Trinajstić information content (AvgIpc) is 2.20. The van der Waals surface area contributed by atoms with Crippen LogP contribution < -0.4 is 0 Å². The molecule has 1 fully saturated rings. The maximum Gasteiger partial charge on any atom is 0.0580 e. The summed E-state index contributed by atoms with van der Waals surface area (Å²) in [7, 11) is 2.16. The van der Waals surface area contributed by atoms with Crippen molar-refractivity contribution in [1.29, 1.82) is 0 Å². The predicted molar refractivity (Wildman–Crippen MR) is 69.4 cm³/mol. The number of nitrogens with zero attached hydrogens (tertiary/aromatic N) is 1. The van der Waals surface area contributed by atoms with Gasteiger partial charge in [-0.2, -0.15) is 0 Å². The molecule has 16 heavy (non-hydrogen) atoms. The van der Waals surface area contributed by atoms with Gasteiger partial charge in [0.25, 0.3) is 0 Å². The van der Waals surface area contributed by atoms with E-state index in [0.29, 0.717) is 12.0 Å². The summed E-state index contributed by atoms with van der Waals surface area (Å²) in [6.07, 6.45) is 3.34. The Bertz CT molecular complexity index is 201. The Morgan fingerprint density at radius 2 is 1.81 bits per heavy atom. The van der Waals surface area contributed by atoms with E-state index in [0.717, 1.165) is 24.8 Å². The van der Waals surface area contributed by atoms with Gasteiger partial charge in [-0.15, -0.1) is 0 Å². The lowest BCUT2D eigenvalue weighted by Gasteiger charge is -2.38. The Kier molecular flexibility index (Phi) is 5.26. The third kappa shape index (κ3) is 3.74. The van der Waals surface area contributed by atoms with Crippen molar-refractivity contribution in [3.05, 3.63) is 0 Å². The van der Waals surface area contributed by atoms with Gasteiger partial charge in [0.2, 0.25) is 0 Å². The molecule has 1 rings (SSSR count). The molecule has 1 aliphatic rings. The highest BCUT2D eigenvalue weighted by atomic mass is 16.3. The van der Waals surface area contributed by atoms with Crippen LogP contribution in [0.15, 0.2) is 0 Å². The second-order valence-corrected chi connectivity index (χ2v) is 6.18. The standard InChI is InChI=1S/C14H29NO/c1-10(2)12-6-7-14(16)13(8-12)9-15(5)11(3)4/h10-14,16H,6-9H2,1-5H3. The second kappa shape index (κ2) is 6.02. The van der Waals surface area contributed by atoms with Crippen LogP contribution in [0, 0.1) is 17.8 Å². The topological polar surface area (TPSA) is 23.5 Å². The zero-order chi connectivity index (χ0) is 12.3. The zero-order valence-electron chi connectivity index (χ0n) is 11.6. The molecule has 0 radical (unpaired) electrons. The van der Waals surface area contributed by atoms with E-state index < -0.39 is 0 Å². The number of hydrogen-bond donors (Lipinski definition) is 1. The van der Waals surface area contributed by atoms with Gasteiger partial charge < -0.3 is 10.0 Å². The molecule has 2 heteroatoms. The molecule has 0 spiro atoms. The highest BCUT2D eigenvalue weighted by Crippen LogP contribution is 2.34. The molecular weight excluding hydrogens is 198 g/mol. The van der Waals surface area contributed by atoms with Crippen molar-refractivity contribution in [2.75, 3.05) is 13.6 Å². The monoisotopic (exact) mass is 227 g/mol. The fraction of sp³-hybridized carbons (Fsp3) is 1.00. The van der Waals surface area contributed by atoms with Crippen molar-refractivity contribution in [1.82, 2.24) is 4.90 Å². The Hall–Kier alpha value is -0.0800. The molecule has 0 bridgehead atoms. The maximum absolute atomic E-state index is 10.1. The third-order valence-electron chi connectivity index (χ3n) is 4.33. The van der Waals surface area contributed by atoms with Crippen LogP contribution in [0.3, 0.4) is 0 Å². The summed E-state index contributed by atoms with van der Waals surface area (Å²) < 4.78 is 0. The molecule has 1 aliphatic carbocycles. The lowest BCUT2D eigenvalue weighted by molar-refractivity contribution is 0.0184. The maximum atomic E-state index is 10.1. The summed E-state index contributed by atoms with van der Waals surface area (Å²) >= 11 is 0. The van der Waals surface area contributed by atoms with E-state index in [2.05, 4.69) is 39.6 Å². The fourth-order valence-electron chi connectivity index (χ4n) is 2.67. The van der Waals surface area contributed by atoms with Gasteiger partial charge in [-0.05, 0) is 57.9 Å². The number of rotatable bonds is 4. The van der Waals surface area contributed by atoms with Crippen molar-refractivity contribution in [2.45, 2.75) is 59.1 Å². The van der Waals surface area contributed by atoms with Crippen molar-refractivity contribution in [2.24, 2.45) is 17.8 Å². The minimum absolute atomic E-state index is 0.0730. The van der Waals surface area contributed by atoms with Gasteiger partial charge in [-0.1, -0.05) is 13.8 Å². The largest absolute Gasteiger partial charge is 0.393 e. The van der Waals surface area contributed by atoms with E-state index in [-0.39, 0.29) is 6.10 Å². The SMILES string of the molecule is CC(C)C1CCC(O)C(CN(C)C(C)C)C1. The van der Waals surface area contributed by atoms with Crippen molar-refractivity contribution in [3.63, 3.8) is 0 Å². The molecule has 2 nitrogen and oxygen atoms in total. The number of aliphatic hydroxyl groups excluding tert-OH is 1. The molecule has 0 heterocycles. The van der Waals surface area contributed by atoms with Gasteiger partial charge in [-0.25, -0.2) is 0 Å². The normalized spacial score (nSPS) is 31.7. The first-order valence-electron chi connectivity index (χ1n) is 6.80. The first-order chi connectivity index (χ1) is 7.41. The Morgan fingerprint density at radius 1 is 1.19 bits per heavy atom. The third-order valence-corrected chi connectivity index (χ3v) is 4.33. The van der Waals surface area contributed by atoms with E-state index in [9.17, 15) is 5.11 Å². The summed E-state index contributed by atoms with van der Waals surface area (Å²) in [6, 6.07) is 0.576. The minimum Gasteiger partial charge on any atom is -0.393 e. The number of aliphatic hydroxyl groups is 1. The summed E-state index contributed by atoms with van der Waals surface area (Å²) in [6.45, 7) is 10.1. The minimum atomic E-state index is -0.0730. The van der Waals surface area contributed by atoms with Crippen LogP contribution in [-0.4, -0.2) is 35.7 Å². The molecule has 0 aromatic heterocycles. The Labute approximate surface area is 101 Å². The van der Waals surface area contributed by atoms with E-state index >= 15 is 0 Å². The molecule has 1 N–H and O–H groups in total. The molecule has 0 saturated heterocycles. The molecule has 0 aromatic carbocycles. The summed E-state index contributed by atoms with van der Waals surface area (Å²) in [5.41, 5.74) is 0. The van der Waals surface area contributed by atoms with Crippen molar-refractivity contribution >= 4 is 0 Å². The first kappa shape index (κ1) is 14.0. The fourth-order valence-corrected chi connectivity index (χ4v) is 2.67. The molecule has 96 valence electrons. The predicted octanol–water partition coefficient (Wildman–Crippen LogP) is 2.76. The molecule has 3 atom stereocenters. The zero-order valence-corrected chi connectivity index (χ0v) is 11.6. The highest BCUT2D eigenvalue weighted by molar-refractivity contribution is 4.83. The van der Waals surface area contributed by atoms with E-state index in [1.54, 1.807) is 0 Å². The van der Waals surface area contributed by atoms with Crippen LogP contribution in [-0.2, 0) is 0 Å². The van der Waals surface area contributed by atoms with Gasteiger partial charge in [0.15, 0.2) is 0 Å². The van der Waals surface area contributed by atoms with Gasteiger partial charge in [-0.3, -0.25) is 0 Å². The molecule has 0 aromatic rings. The summed E-state index contributed by atoms with van der Waals surface area (Å²) in [4.78, 5) is 2.36. The summed E-state index contributed by atoms with van der Waals surface area (Å²) in [5.74, 6) is 2.06. The van der Waals surface area contributed by atoms with Crippen LogP contribution in [0.1, 0.15) is 47.0 Å². The first-order valence-corrected chi connectivity index (χ1v) is 6.80. The second-order valence-electron chi connectivity index (χ2n) is 6.18. The van der Waals surface area contributed by atoms with Crippen molar-refractivity contribution in [3.8, 4) is 0 Å². The van der Waals surface area contributed by atoms with Gasteiger partial charge in [0.05, 0.1) is 6.10 Å². The van der Waals surface area contributed by atoms with Crippen LogP contribution in [0.4, 0.5) is 0 Å². The van der Waals surface area contributed by atoms with Gasteiger partial charge in [0.1, 0.15) is 0 Å². The average molecular weight is 227 g/mol. The van der Waals surface area contributed by atoms with E-state index in [1.165, 1.54) is 12.8 Å².